The molecule has 9 heteroatoms. The summed E-state index contributed by atoms with van der Waals surface area (Å²) in [5, 5.41) is 19.3. The number of nitriles is 2. The molecule has 0 unspecified atom stereocenters. The second-order valence-corrected chi connectivity index (χ2v) is 8.22. The Balaban J connectivity index is 2.40. The number of hydrogen-bond donors (Lipinski definition) is 0. The first-order valence-electron chi connectivity index (χ1n) is 10.2. The molecule has 2 rings (SSSR count). The molecule has 0 fully saturated rings. The second kappa shape index (κ2) is 12.5. The number of carbonyl (C=O) groups excluding carboxylic acids is 2. The van der Waals surface area contributed by atoms with Crippen molar-refractivity contribution in [3.63, 3.8) is 0 Å². The Morgan fingerprint density at radius 3 is 2.53 bits per heavy atom. The number of esters is 1. The van der Waals surface area contributed by atoms with Gasteiger partial charge in [-0.3, -0.25) is 4.79 Å². The summed E-state index contributed by atoms with van der Waals surface area (Å²) in [4.78, 5) is 25.7. The maximum absolute atomic E-state index is 12.9. The summed E-state index contributed by atoms with van der Waals surface area (Å²) >= 11 is 7.32. The van der Waals surface area contributed by atoms with Gasteiger partial charge in [0.1, 0.15) is 23.6 Å². The molecule has 0 aliphatic carbocycles. The number of carbonyl (C=O) groups is 2. The van der Waals surface area contributed by atoms with Gasteiger partial charge in [0, 0.05) is 11.3 Å². The van der Waals surface area contributed by atoms with Crippen LogP contribution in [0.2, 0.25) is 5.02 Å². The Hall–Kier alpha value is -3.77. The van der Waals surface area contributed by atoms with E-state index in [1.165, 1.54) is 12.1 Å². The quantitative estimate of drug-likeness (QED) is 0.199. The molecule has 0 atom stereocenters. The zero-order valence-corrected chi connectivity index (χ0v) is 20.4. The van der Waals surface area contributed by atoms with Crippen LogP contribution in [0, 0.1) is 41.9 Å². The number of thiophene rings is 1. The van der Waals surface area contributed by atoms with E-state index >= 15 is 0 Å². The Labute approximate surface area is 207 Å². The maximum atomic E-state index is 12.9. The van der Waals surface area contributed by atoms with Crippen molar-refractivity contribution in [3.05, 3.63) is 49.2 Å². The molecule has 174 valence electrons. The largest absolute Gasteiger partial charge is 0.490 e. The van der Waals surface area contributed by atoms with Gasteiger partial charge in [0.25, 0.3) is 0 Å². The number of hydrogen-bond acceptors (Lipinski definition) is 8. The summed E-state index contributed by atoms with van der Waals surface area (Å²) in [6.45, 7) is 5.59. The minimum atomic E-state index is -0.554. The normalized spacial score (nSPS) is 10.6. The molecule has 0 N–H and O–H groups in total. The lowest BCUT2D eigenvalue weighted by Crippen LogP contribution is -2.05. The first kappa shape index (κ1) is 26.5. The highest BCUT2D eigenvalue weighted by Crippen LogP contribution is 2.37. The average molecular weight is 497 g/mol. The summed E-state index contributed by atoms with van der Waals surface area (Å²) in [6.07, 6.45) is 6.39. The second-order valence-electron chi connectivity index (χ2n) is 6.71. The molecule has 7 nitrogen and oxygen atoms in total. The van der Waals surface area contributed by atoms with Crippen LogP contribution in [-0.4, -0.2) is 31.6 Å². The summed E-state index contributed by atoms with van der Waals surface area (Å²) in [7, 11) is 0. The topological polar surface area (TPSA) is 109 Å². The molecule has 1 aromatic carbocycles. The first-order chi connectivity index (χ1) is 16.3. The Bertz CT molecular complexity index is 1260. The summed E-state index contributed by atoms with van der Waals surface area (Å²) in [6, 6.07) is 7.03. The fraction of sp³-hybridized carbons (Fsp3) is 0.280. The van der Waals surface area contributed by atoms with Gasteiger partial charge in [-0.2, -0.15) is 10.5 Å². The van der Waals surface area contributed by atoms with E-state index in [4.69, 9.17) is 32.2 Å². The van der Waals surface area contributed by atoms with E-state index in [9.17, 15) is 20.1 Å². The number of terminal acetylenes is 1. The van der Waals surface area contributed by atoms with Crippen molar-refractivity contribution in [2.75, 3.05) is 19.8 Å². The molecule has 0 aliphatic heterocycles. The van der Waals surface area contributed by atoms with Gasteiger partial charge < -0.3 is 14.2 Å². The number of nitrogens with zero attached hydrogens (tertiary/aromatic N) is 2. The van der Waals surface area contributed by atoms with Gasteiger partial charge in [0.15, 0.2) is 17.3 Å². The van der Waals surface area contributed by atoms with Gasteiger partial charge in [-0.25, -0.2) is 4.79 Å². The van der Waals surface area contributed by atoms with Gasteiger partial charge in [0.2, 0.25) is 0 Å². The lowest BCUT2D eigenvalue weighted by Gasteiger charge is -2.13. The van der Waals surface area contributed by atoms with Crippen LogP contribution < -0.4 is 9.47 Å². The molecule has 1 heterocycles. The third-order valence-corrected chi connectivity index (χ3v) is 6.03. The van der Waals surface area contributed by atoms with Crippen LogP contribution in [-0.2, 0) is 16.0 Å². The van der Waals surface area contributed by atoms with Crippen LogP contribution in [0.4, 0.5) is 0 Å². The van der Waals surface area contributed by atoms with Gasteiger partial charge in [-0.15, -0.1) is 17.8 Å². The standard InChI is InChI=1S/C25H21ClN2O5S/c1-5-8-33-23-19(26)10-16(11-21(23)31-6-2)9-17(13-27)20(29)12-22-18(14-28)15(4)24(34-22)25(30)32-7-3/h1,9-11H,6-8,12H2,2-4H3. The van der Waals surface area contributed by atoms with Crippen LogP contribution >= 0.6 is 22.9 Å². The van der Waals surface area contributed by atoms with Gasteiger partial charge >= 0.3 is 5.97 Å². The minimum Gasteiger partial charge on any atom is -0.490 e. The van der Waals surface area contributed by atoms with Crippen LogP contribution in [0.15, 0.2) is 17.7 Å². The lowest BCUT2D eigenvalue weighted by molar-refractivity contribution is -0.114. The maximum Gasteiger partial charge on any atom is 0.348 e. The van der Waals surface area contributed by atoms with Crippen LogP contribution in [0.3, 0.4) is 0 Å². The van der Waals surface area contributed by atoms with Gasteiger partial charge in [-0.1, -0.05) is 17.5 Å². The highest BCUT2D eigenvalue weighted by molar-refractivity contribution is 7.14. The zero-order chi connectivity index (χ0) is 25.3. The van der Waals surface area contributed by atoms with Gasteiger partial charge in [-0.05, 0) is 50.1 Å². The number of allylic oxidation sites excluding steroid dienone is 1. The van der Waals surface area contributed by atoms with Crippen molar-refractivity contribution in [1.29, 1.82) is 10.5 Å². The minimum absolute atomic E-state index is 0.00778. The van der Waals surface area contributed by atoms with E-state index in [1.54, 1.807) is 26.8 Å². The fourth-order valence-corrected chi connectivity index (χ4v) is 4.43. The number of benzene rings is 1. The van der Waals surface area contributed by atoms with E-state index in [2.05, 4.69) is 5.92 Å². The predicted molar refractivity (Wildman–Crippen MR) is 129 cm³/mol. The van der Waals surface area contributed by atoms with Crippen LogP contribution in [0.5, 0.6) is 11.5 Å². The van der Waals surface area contributed by atoms with E-state index in [0.717, 1.165) is 11.3 Å². The molecule has 34 heavy (non-hydrogen) atoms. The van der Waals surface area contributed by atoms with E-state index in [1.807, 2.05) is 12.1 Å². The van der Waals surface area contributed by atoms with Gasteiger partial charge in [0.05, 0.1) is 29.4 Å². The average Bonchev–Trinajstić information content (AvgIpc) is 3.12. The SMILES string of the molecule is C#CCOc1c(Cl)cc(C=C(C#N)C(=O)Cc2sc(C(=O)OCC)c(C)c2C#N)cc1OCC. The summed E-state index contributed by atoms with van der Waals surface area (Å²) in [5.41, 5.74) is 0.979. The molecule has 2 aromatic rings. The fourth-order valence-electron chi connectivity index (χ4n) is 3.01. The number of Topliss-reactive ketones (excluding diaryl/α,β-unsaturated/α-hetero) is 1. The molecule has 1 aromatic heterocycles. The Morgan fingerprint density at radius 1 is 1.21 bits per heavy atom. The Morgan fingerprint density at radius 2 is 1.94 bits per heavy atom. The summed E-state index contributed by atoms with van der Waals surface area (Å²) < 4.78 is 16.0. The molecule has 0 saturated heterocycles. The Kier molecular flexibility index (Phi) is 9.71. The molecular weight excluding hydrogens is 476 g/mol. The molecule has 0 aliphatic rings. The van der Waals surface area contributed by atoms with Crippen molar-refractivity contribution >= 4 is 40.8 Å². The smallest absolute Gasteiger partial charge is 0.348 e. The number of ether oxygens (including phenoxy) is 3. The van der Waals surface area contributed by atoms with Crippen molar-refractivity contribution in [2.24, 2.45) is 0 Å². The number of halogens is 1. The van der Waals surface area contributed by atoms with Crippen molar-refractivity contribution in [3.8, 4) is 36.0 Å². The van der Waals surface area contributed by atoms with E-state index in [0.29, 0.717) is 28.4 Å². The third kappa shape index (κ3) is 6.17. The third-order valence-electron chi connectivity index (χ3n) is 4.48. The van der Waals surface area contributed by atoms with Crippen molar-refractivity contribution in [1.82, 2.24) is 0 Å². The van der Waals surface area contributed by atoms with Crippen LogP contribution in [0.1, 0.15) is 45.1 Å². The number of ketones is 1. The lowest BCUT2D eigenvalue weighted by atomic mass is 10.0. The highest BCUT2D eigenvalue weighted by atomic mass is 35.5. The zero-order valence-electron chi connectivity index (χ0n) is 18.9. The molecule has 0 radical (unpaired) electrons. The van der Waals surface area contributed by atoms with E-state index in [-0.39, 0.29) is 46.4 Å². The van der Waals surface area contributed by atoms with Crippen LogP contribution in [0.25, 0.3) is 6.08 Å². The number of rotatable bonds is 10. The highest BCUT2D eigenvalue weighted by Gasteiger charge is 2.23. The summed E-state index contributed by atoms with van der Waals surface area (Å²) in [5.74, 6) is 1.86. The van der Waals surface area contributed by atoms with Crippen molar-refractivity contribution in [2.45, 2.75) is 27.2 Å². The first-order valence-corrected chi connectivity index (χ1v) is 11.4. The molecule has 0 spiro atoms. The molecule has 0 bridgehead atoms. The van der Waals surface area contributed by atoms with Crippen molar-refractivity contribution < 1.29 is 23.8 Å². The molecule has 0 saturated carbocycles. The molecular formula is C25H21ClN2O5S. The molecule has 0 amide bonds. The predicted octanol–water partition coefficient (Wildman–Crippen LogP) is 4.89. The monoisotopic (exact) mass is 496 g/mol. The van der Waals surface area contributed by atoms with E-state index < -0.39 is 11.8 Å².